The van der Waals surface area contributed by atoms with E-state index in [1.165, 1.54) is 0 Å². The second kappa shape index (κ2) is 5.10. The molecule has 112 valence electrons. The van der Waals surface area contributed by atoms with Gasteiger partial charge in [0.05, 0.1) is 7.11 Å². The number of fused-ring (bicyclic) bond motifs is 2. The van der Waals surface area contributed by atoms with Crippen LogP contribution in [-0.4, -0.2) is 34.8 Å². The van der Waals surface area contributed by atoms with E-state index in [0.717, 1.165) is 33.4 Å². The average Bonchev–Trinajstić information content (AvgIpc) is 3.16. The lowest BCUT2D eigenvalue weighted by Gasteiger charge is -2.04. The van der Waals surface area contributed by atoms with Crippen molar-refractivity contribution in [2.45, 2.75) is 5.03 Å². The van der Waals surface area contributed by atoms with Gasteiger partial charge in [-0.3, -0.25) is 0 Å². The zero-order valence-corrected chi connectivity index (χ0v) is 12.9. The minimum atomic E-state index is 0.250. The second-order valence-electron chi connectivity index (χ2n) is 4.68. The zero-order valence-electron chi connectivity index (χ0n) is 12.1. The lowest BCUT2D eigenvalue weighted by atomic mass is 10.1. The Morgan fingerprint density at radius 3 is 2.86 bits per heavy atom. The molecule has 1 aliphatic heterocycles. The van der Waals surface area contributed by atoms with Crippen molar-refractivity contribution in [1.29, 1.82) is 0 Å². The van der Waals surface area contributed by atoms with Crippen LogP contribution in [0.25, 0.3) is 16.9 Å². The SMILES string of the molecule is COc1c(-c2ccc3c(c2)OCO3)nc2ccc(SC)nn12. The van der Waals surface area contributed by atoms with Gasteiger partial charge in [-0.25, -0.2) is 4.98 Å². The molecule has 0 unspecified atom stereocenters. The van der Waals surface area contributed by atoms with Gasteiger partial charge in [0.15, 0.2) is 17.1 Å². The van der Waals surface area contributed by atoms with Gasteiger partial charge in [-0.15, -0.1) is 11.8 Å². The van der Waals surface area contributed by atoms with Gasteiger partial charge in [0, 0.05) is 5.56 Å². The van der Waals surface area contributed by atoms with Crippen LogP contribution in [0.15, 0.2) is 35.4 Å². The molecular weight excluding hydrogens is 302 g/mol. The molecule has 3 aromatic rings. The Labute approximate surface area is 131 Å². The predicted octanol–water partition coefficient (Wildman–Crippen LogP) is 2.86. The Hall–Kier alpha value is -2.41. The van der Waals surface area contributed by atoms with E-state index in [1.54, 1.807) is 23.4 Å². The van der Waals surface area contributed by atoms with E-state index < -0.39 is 0 Å². The highest BCUT2D eigenvalue weighted by atomic mass is 32.2. The molecule has 3 heterocycles. The molecule has 0 saturated carbocycles. The number of ether oxygens (including phenoxy) is 3. The predicted molar refractivity (Wildman–Crippen MR) is 82.9 cm³/mol. The van der Waals surface area contributed by atoms with E-state index in [9.17, 15) is 0 Å². The number of nitrogens with zero attached hydrogens (tertiary/aromatic N) is 3. The summed E-state index contributed by atoms with van der Waals surface area (Å²) in [6.07, 6.45) is 1.98. The van der Waals surface area contributed by atoms with Crippen molar-refractivity contribution in [1.82, 2.24) is 14.6 Å². The maximum Gasteiger partial charge on any atom is 0.243 e. The van der Waals surface area contributed by atoms with Crippen LogP contribution in [0, 0.1) is 0 Å². The van der Waals surface area contributed by atoms with E-state index in [-0.39, 0.29) is 6.79 Å². The van der Waals surface area contributed by atoms with Crippen molar-refractivity contribution >= 4 is 17.4 Å². The Morgan fingerprint density at radius 1 is 1.18 bits per heavy atom. The van der Waals surface area contributed by atoms with Crippen molar-refractivity contribution in [3.05, 3.63) is 30.3 Å². The van der Waals surface area contributed by atoms with Gasteiger partial charge in [-0.1, -0.05) is 0 Å². The summed E-state index contributed by atoms with van der Waals surface area (Å²) in [6.45, 7) is 0.250. The average molecular weight is 315 g/mol. The van der Waals surface area contributed by atoms with Crippen LogP contribution >= 0.6 is 11.8 Å². The molecule has 0 atom stereocenters. The van der Waals surface area contributed by atoms with Crippen LogP contribution in [0.5, 0.6) is 17.4 Å². The van der Waals surface area contributed by atoms with Crippen LogP contribution in [0.2, 0.25) is 0 Å². The topological polar surface area (TPSA) is 57.9 Å². The van der Waals surface area contributed by atoms with Crippen LogP contribution < -0.4 is 14.2 Å². The van der Waals surface area contributed by atoms with Crippen molar-refractivity contribution < 1.29 is 14.2 Å². The third kappa shape index (κ3) is 1.97. The summed E-state index contributed by atoms with van der Waals surface area (Å²) in [5, 5.41) is 5.42. The highest BCUT2D eigenvalue weighted by Crippen LogP contribution is 2.38. The molecule has 1 aromatic carbocycles. The number of hydrogen-bond donors (Lipinski definition) is 0. The summed E-state index contributed by atoms with van der Waals surface area (Å²) in [7, 11) is 1.62. The summed E-state index contributed by atoms with van der Waals surface area (Å²) >= 11 is 1.57. The van der Waals surface area contributed by atoms with Crippen LogP contribution in [0.4, 0.5) is 0 Å². The van der Waals surface area contributed by atoms with E-state index in [4.69, 9.17) is 14.2 Å². The fraction of sp³-hybridized carbons (Fsp3) is 0.200. The number of rotatable bonds is 3. The molecule has 1 aliphatic rings. The van der Waals surface area contributed by atoms with Crippen molar-refractivity contribution in [2.24, 2.45) is 0 Å². The second-order valence-corrected chi connectivity index (χ2v) is 5.51. The molecule has 0 aliphatic carbocycles. The molecule has 22 heavy (non-hydrogen) atoms. The molecule has 6 nitrogen and oxygen atoms in total. The fourth-order valence-corrected chi connectivity index (χ4v) is 2.79. The van der Waals surface area contributed by atoms with Gasteiger partial charge in [0.25, 0.3) is 0 Å². The van der Waals surface area contributed by atoms with Gasteiger partial charge >= 0.3 is 0 Å². The van der Waals surface area contributed by atoms with Crippen molar-refractivity contribution in [2.75, 3.05) is 20.2 Å². The summed E-state index contributed by atoms with van der Waals surface area (Å²) in [5.74, 6) is 2.06. The molecule has 4 rings (SSSR count). The molecule has 2 aromatic heterocycles. The summed E-state index contributed by atoms with van der Waals surface area (Å²) in [4.78, 5) is 4.62. The third-order valence-electron chi connectivity index (χ3n) is 3.46. The smallest absolute Gasteiger partial charge is 0.243 e. The molecule has 7 heteroatoms. The highest BCUT2D eigenvalue weighted by Gasteiger charge is 2.20. The summed E-state index contributed by atoms with van der Waals surface area (Å²) in [6, 6.07) is 9.59. The summed E-state index contributed by atoms with van der Waals surface area (Å²) in [5.41, 5.74) is 2.37. The lowest BCUT2D eigenvalue weighted by molar-refractivity contribution is 0.174. The molecular formula is C15H13N3O3S. The Balaban J connectivity index is 1.90. The number of benzene rings is 1. The Bertz CT molecular complexity index is 863. The zero-order chi connectivity index (χ0) is 15.1. The maximum atomic E-state index is 5.53. The molecule has 0 fully saturated rings. The molecule has 0 radical (unpaired) electrons. The van der Waals surface area contributed by atoms with Crippen LogP contribution in [0.1, 0.15) is 0 Å². The van der Waals surface area contributed by atoms with Crippen LogP contribution in [-0.2, 0) is 0 Å². The van der Waals surface area contributed by atoms with E-state index in [1.807, 2.05) is 36.6 Å². The lowest BCUT2D eigenvalue weighted by Crippen LogP contribution is -1.97. The number of aromatic nitrogens is 3. The highest BCUT2D eigenvalue weighted by molar-refractivity contribution is 7.98. The van der Waals surface area contributed by atoms with E-state index in [2.05, 4.69) is 10.1 Å². The first kappa shape index (κ1) is 13.3. The first-order valence-corrected chi connectivity index (χ1v) is 7.90. The standard InChI is InChI=1S/C15H13N3O3S/c1-19-15-14(9-3-4-10-11(7-9)21-8-20-10)16-12-5-6-13(22-2)17-18(12)15/h3-7H,8H2,1-2H3. The van der Waals surface area contributed by atoms with Gasteiger partial charge in [-0.2, -0.15) is 9.61 Å². The monoisotopic (exact) mass is 315 g/mol. The van der Waals surface area contributed by atoms with Gasteiger partial charge in [-0.05, 0) is 36.6 Å². The van der Waals surface area contributed by atoms with Crippen molar-refractivity contribution in [3.63, 3.8) is 0 Å². The molecule has 0 saturated heterocycles. The first-order valence-electron chi connectivity index (χ1n) is 6.68. The van der Waals surface area contributed by atoms with Gasteiger partial charge in [0.1, 0.15) is 10.7 Å². The van der Waals surface area contributed by atoms with Gasteiger partial charge < -0.3 is 14.2 Å². The number of imidazole rings is 1. The third-order valence-corrected chi connectivity index (χ3v) is 4.10. The normalized spacial score (nSPS) is 12.8. The molecule has 0 amide bonds. The summed E-state index contributed by atoms with van der Waals surface area (Å²) < 4.78 is 18.0. The van der Waals surface area contributed by atoms with E-state index >= 15 is 0 Å². The first-order chi connectivity index (χ1) is 10.8. The number of methoxy groups -OCH3 is 1. The van der Waals surface area contributed by atoms with Crippen molar-refractivity contribution in [3.8, 4) is 28.6 Å². The Morgan fingerprint density at radius 2 is 2.05 bits per heavy atom. The number of thioether (sulfide) groups is 1. The van der Waals surface area contributed by atoms with Gasteiger partial charge in [0.2, 0.25) is 12.7 Å². The minimum Gasteiger partial charge on any atom is -0.479 e. The van der Waals surface area contributed by atoms with E-state index in [0.29, 0.717) is 5.88 Å². The molecule has 0 bridgehead atoms. The number of hydrogen-bond acceptors (Lipinski definition) is 6. The van der Waals surface area contributed by atoms with Crippen LogP contribution in [0.3, 0.4) is 0 Å². The minimum absolute atomic E-state index is 0.250. The largest absolute Gasteiger partial charge is 0.479 e. The maximum absolute atomic E-state index is 5.53. The molecule has 0 N–H and O–H groups in total. The quantitative estimate of drug-likeness (QED) is 0.693. The molecule has 0 spiro atoms. The fourth-order valence-electron chi connectivity index (χ4n) is 2.42. The Kier molecular flexibility index (Phi) is 3.07.